The Bertz CT molecular complexity index is 205. The second-order valence-electron chi connectivity index (χ2n) is 3.95. The Kier molecular flexibility index (Phi) is 2.26. The Balaban J connectivity index is 1.95. The van der Waals surface area contributed by atoms with Gasteiger partial charge in [0.25, 0.3) is 0 Å². The summed E-state index contributed by atoms with van der Waals surface area (Å²) in [5.74, 6) is -0.233. The third-order valence-electron chi connectivity index (χ3n) is 2.96. The van der Waals surface area contributed by atoms with Crippen molar-refractivity contribution in [2.45, 2.75) is 50.8 Å². The fraction of sp³-hybridized carbons (Fsp3) is 0.889. The van der Waals surface area contributed by atoms with Crippen molar-refractivity contribution in [1.29, 1.82) is 0 Å². The molecule has 13 heavy (non-hydrogen) atoms. The molecule has 73 valence electrons. The zero-order valence-corrected chi connectivity index (χ0v) is 7.73. The lowest BCUT2D eigenvalue weighted by atomic mass is 10.0. The predicted octanol–water partition coefficient (Wildman–Crippen LogP) is 0.890. The van der Waals surface area contributed by atoms with Crippen LogP contribution in [-0.4, -0.2) is 29.2 Å². The van der Waals surface area contributed by atoms with Gasteiger partial charge in [-0.2, -0.15) is 0 Å². The number of hydrogen-bond acceptors (Lipinski definition) is 3. The molecule has 4 heteroatoms. The van der Waals surface area contributed by atoms with Crippen LogP contribution in [0.15, 0.2) is 0 Å². The lowest BCUT2D eigenvalue weighted by molar-refractivity contribution is -0.222. The molecular weight excluding hydrogens is 170 g/mol. The van der Waals surface area contributed by atoms with E-state index in [0.717, 1.165) is 25.7 Å². The van der Waals surface area contributed by atoms with Gasteiger partial charge >= 0.3 is 5.97 Å². The SMILES string of the molecule is CC(=O)OC1CC2CCC(C1)N2[O]. The molecule has 2 atom stereocenters. The molecule has 0 N–H and O–H groups in total. The molecule has 1 radical (unpaired) electrons. The van der Waals surface area contributed by atoms with E-state index in [9.17, 15) is 10.0 Å². The highest BCUT2D eigenvalue weighted by Gasteiger charge is 2.42. The van der Waals surface area contributed by atoms with Gasteiger partial charge in [-0.15, -0.1) is 10.3 Å². The van der Waals surface area contributed by atoms with E-state index < -0.39 is 0 Å². The van der Waals surface area contributed by atoms with Crippen LogP contribution in [0.5, 0.6) is 0 Å². The molecule has 2 saturated heterocycles. The Hall–Kier alpha value is -0.610. The Morgan fingerprint density at radius 3 is 2.31 bits per heavy atom. The summed E-state index contributed by atoms with van der Waals surface area (Å²) in [6.45, 7) is 1.42. The van der Waals surface area contributed by atoms with E-state index in [-0.39, 0.29) is 24.2 Å². The first-order valence-electron chi connectivity index (χ1n) is 4.79. The maximum Gasteiger partial charge on any atom is 0.302 e. The van der Waals surface area contributed by atoms with Gasteiger partial charge in [-0.1, -0.05) is 0 Å². The number of rotatable bonds is 1. The first-order valence-corrected chi connectivity index (χ1v) is 4.79. The van der Waals surface area contributed by atoms with Gasteiger partial charge in [0.15, 0.2) is 0 Å². The molecule has 2 heterocycles. The first kappa shape index (κ1) is 8.97. The van der Waals surface area contributed by atoms with Gasteiger partial charge in [-0.3, -0.25) is 4.79 Å². The molecule has 0 aromatic rings. The van der Waals surface area contributed by atoms with Gasteiger partial charge in [-0.25, -0.2) is 0 Å². The summed E-state index contributed by atoms with van der Waals surface area (Å²) in [6, 6.07) is 0.200. The lowest BCUT2D eigenvalue weighted by Crippen LogP contribution is -2.42. The van der Waals surface area contributed by atoms with Gasteiger partial charge < -0.3 is 4.74 Å². The van der Waals surface area contributed by atoms with Crippen molar-refractivity contribution in [2.75, 3.05) is 0 Å². The van der Waals surface area contributed by atoms with Crippen LogP contribution in [0.25, 0.3) is 0 Å². The number of esters is 1. The van der Waals surface area contributed by atoms with Crippen LogP contribution in [0.3, 0.4) is 0 Å². The molecule has 0 aromatic heterocycles. The summed E-state index contributed by atoms with van der Waals surface area (Å²) >= 11 is 0. The molecule has 2 aliphatic heterocycles. The second kappa shape index (κ2) is 3.27. The van der Waals surface area contributed by atoms with E-state index in [2.05, 4.69) is 0 Å². The molecular formula is C9H14NO3. The number of hydroxylamine groups is 2. The third-order valence-corrected chi connectivity index (χ3v) is 2.96. The zero-order chi connectivity index (χ0) is 9.42. The van der Waals surface area contributed by atoms with Gasteiger partial charge in [0.05, 0.1) is 0 Å². The second-order valence-corrected chi connectivity index (χ2v) is 3.95. The van der Waals surface area contributed by atoms with Gasteiger partial charge in [0.1, 0.15) is 6.10 Å². The normalized spacial score (nSPS) is 39.1. The Morgan fingerprint density at radius 1 is 1.31 bits per heavy atom. The molecule has 0 amide bonds. The third kappa shape index (κ3) is 1.69. The van der Waals surface area contributed by atoms with Crippen molar-refractivity contribution in [3.63, 3.8) is 0 Å². The van der Waals surface area contributed by atoms with Crippen LogP contribution in [0, 0.1) is 0 Å². The van der Waals surface area contributed by atoms with Crippen molar-refractivity contribution < 1.29 is 14.7 Å². The molecule has 2 aliphatic rings. The van der Waals surface area contributed by atoms with Gasteiger partial charge in [0, 0.05) is 31.8 Å². The van der Waals surface area contributed by atoms with E-state index in [1.807, 2.05) is 0 Å². The van der Waals surface area contributed by atoms with E-state index in [1.54, 1.807) is 0 Å². The van der Waals surface area contributed by atoms with Crippen LogP contribution in [0.1, 0.15) is 32.6 Å². The molecule has 2 fully saturated rings. The van der Waals surface area contributed by atoms with Crippen molar-refractivity contribution in [1.82, 2.24) is 5.06 Å². The average molecular weight is 184 g/mol. The summed E-state index contributed by atoms with van der Waals surface area (Å²) in [5, 5.41) is 12.6. The number of piperidine rings is 1. The maximum absolute atomic E-state index is 11.4. The molecule has 0 aromatic carbocycles. The number of carbonyl (C=O) groups excluding carboxylic acids is 1. The van der Waals surface area contributed by atoms with Crippen molar-refractivity contribution in [3.05, 3.63) is 0 Å². The van der Waals surface area contributed by atoms with Crippen LogP contribution >= 0.6 is 0 Å². The molecule has 0 spiro atoms. The first-order chi connectivity index (χ1) is 6.16. The van der Waals surface area contributed by atoms with Crippen LogP contribution in [-0.2, 0) is 14.7 Å². The van der Waals surface area contributed by atoms with E-state index in [0.29, 0.717) is 0 Å². The van der Waals surface area contributed by atoms with Gasteiger partial charge in [-0.05, 0) is 12.8 Å². The molecule has 4 nitrogen and oxygen atoms in total. The molecule has 0 aliphatic carbocycles. The summed E-state index contributed by atoms with van der Waals surface area (Å²) in [7, 11) is 0. The summed E-state index contributed by atoms with van der Waals surface area (Å²) in [5.41, 5.74) is 0. The van der Waals surface area contributed by atoms with Gasteiger partial charge in [0.2, 0.25) is 0 Å². The average Bonchev–Trinajstić information content (AvgIpc) is 2.33. The van der Waals surface area contributed by atoms with Crippen LogP contribution < -0.4 is 0 Å². The number of fused-ring (bicyclic) bond motifs is 2. The highest BCUT2D eigenvalue weighted by atomic mass is 16.5. The Morgan fingerprint density at radius 2 is 1.85 bits per heavy atom. The minimum atomic E-state index is -0.233. The molecule has 2 bridgehead atoms. The standard InChI is InChI=1S/C9H14NO3/c1-6(11)13-9-4-7-2-3-8(5-9)10(7)12/h7-9H,2-5H2,1H3. The monoisotopic (exact) mass is 184 g/mol. The molecule has 0 saturated carbocycles. The number of carbonyl (C=O) groups is 1. The van der Waals surface area contributed by atoms with Crippen molar-refractivity contribution in [2.24, 2.45) is 0 Å². The highest BCUT2D eigenvalue weighted by molar-refractivity contribution is 5.66. The van der Waals surface area contributed by atoms with Crippen molar-refractivity contribution >= 4 is 5.97 Å². The number of ether oxygens (including phenoxy) is 1. The highest BCUT2D eigenvalue weighted by Crippen LogP contribution is 2.35. The van der Waals surface area contributed by atoms with Crippen LogP contribution in [0.4, 0.5) is 0 Å². The minimum absolute atomic E-state index is 0.0137. The summed E-state index contributed by atoms with van der Waals surface area (Å²) in [4.78, 5) is 10.7. The van der Waals surface area contributed by atoms with Crippen LogP contribution in [0.2, 0.25) is 0 Å². The van der Waals surface area contributed by atoms with E-state index in [4.69, 9.17) is 4.74 Å². The van der Waals surface area contributed by atoms with E-state index in [1.165, 1.54) is 12.0 Å². The summed E-state index contributed by atoms with van der Waals surface area (Å²) in [6.07, 6.45) is 3.36. The fourth-order valence-electron chi connectivity index (χ4n) is 2.41. The summed E-state index contributed by atoms with van der Waals surface area (Å²) < 4.78 is 5.12. The Labute approximate surface area is 77.4 Å². The lowest BCUT2D eigenvalue weighted by Gasteiger charge is -2.32. The molecule has 2 rings (SSSR count). The predicted molar refractivity (Wildman–Crippen MR) is 44.1 cm³/mol. The van der Waals surface area contributed by atoms with E-state index >= 15 is 0 Å². The largest absolute Gasteiger partial charge is 0.462 e. The molecule has 2 unspecified atom stereocenters. The zero-order valence-electron chi connectivity index (χ0n) is 7.73. The smallest absolute Gasteiger partial charge is 0.302 e. The number of nitrogens with zero attached hydrogens (tertiary/aromatic N) is 1. The topological polar surface area (TPSA) is 49.4 Å². The quantitative estimate of drug-likeness (QED) is 0.569. The maximum atomic E-state index is 11.4. The number of hydrogen-bond donors (Lipinski definition) is 0. The minimum Gasteiger partial charge on any atom is -0.462 e. The fourth-order valence-corrected chi connectivity index (χ4v) is 2.41. The van der Waals surface area contributed by atoms with Crippen molar-refractivity contribution in [3.8, 4) is 0 Å².